The first-order chi connectivity index (χ1) is 7.18. The molecule has 1 atom stereocenters. The van der Waals surface area contributed by atoms with Gasteiger partial charge in [-0.3, -0.25) is 0 Å². The number of aliphatic hydroxyl groups excluding tert-OH is 1. The monoisotopic (exact) mass is 227 g/mol. The van der Waals surface area contributed by atoms with Crippen molar-refractivity contribution in [1.82, 2.24) is 5.32 Å². The molecule has 3 heteroatoms. The average molecular weight is 227 g/mol. The van der Waals surface area contributed by atoms with Gasteiger partial charge < -0.3 is 10.4 Å². The number of nitrogens with one attached hydrogen (secondary N) is 1. The number of aliphatic hydroxyl groups is 1. The minimum absolute atomic E-state index is 0.201. The maximum Gasteiger partial charge on any atom is 0.0667 e. The van der Waals surface area contributed by atoms with Gasteiger partial charge in [0.15, 0.2) is 0 Å². The molecule has 0 saturated carbocycles. The van der Waals surface area contributed by atoms with Gasteiger partial charge in [-0.15, -0.1) is 0 Å². The highest BCUT2D eigenvalue weighted by Gasteiger charge is 2.05. The van der Waals surface area contributed by atoms with E-state index < -0.39 is 0 Å². The molecular formula is C12H21NOS. The van der Waals surface area contributed by atoms with Gasteiger partial charge in [0.25, 0.3) is 0 Å². The highest BCUT2D eigenvalue weighted by atomic mass is 32.1. The van der Waals surface area contributed by atoms with E-state index in [1.54, 1.807) is 11.3 Å². The summed E-state index contributed by atoms with van der Waals surface area (Å²) in [4.78, 5) is 0. The summed E-state index contributed by atoms with van der Waals surface area (Å²) in [5.41, 5.74) is 1.38. The predicted molar refractivity (Wildman–Crippen MR) is 66.4 cm³/mol. The Hall–Kier alpha value is -0.380. The lowest BCUT2D eigenvalue weighted by Gasteiger charge is -2.13. The molecule has 15 heavy (non-hydrogen) atoms. The van der Waals surface area contributed by atoms with Crippen LogP contribution in [0.25, 0.3) is 0 Å². The van der Waals surface area contributed by atoms with E-state index in [9.17, 15) is 5.11 Å². The van der Waals surface area contributed by atoms with Crippen LogP contribution in [0.4, 0.5) is 0 Å². The number of thiophene rings is 1. The van der Waals surface area contributed by atoms with Gasteiger partial charge in [-0.2, -0.15) is 11.3 Å². The van der Waals surface area contributed by atoms with Gasteiger partial charge in [-0.05, 0) is 47.7 Å². The smallest absolute Gasteiger partial charge is 0.0667 e. The number of rotatable bonds is 7. The fourth-order valence-corrected chi connectivity index (χ4v) is 2.27. The van der Waals surface area contributed by atoms with Crippen LogP contribution in [0, 0.1) is 5.92 Å². The second-order valence-electron chi connectivity index (χ2n) is 4.37. The Balaban J connectivity index is 2.01. The normalized spacial score (nSPS) is 13.3. The number of hydrogen-bond acceptors (Lipinski definition) is 3. The van der Waals surface area contributed by atoms with Crippen molar-refractivity contribution in [2.45, 2.75) is 32.8 Å². The first-order valence-electron chi connectivity index (χ1n) is 5.58. The van der Waals surface area contributed by atoms with Crippen LogP contribution in [0.2, 0.25) is 0 Å². The van der Waals surface area contributed by atoms with Crippen molar-refractivity contribution in [3.63, 3.8) is 0 Å². The topological polar surface area (TPSA) is 32.3 Å². The second kappa shape index (κ2) is 6.99. The summed E-state index contributed by atoms with van der Waals surface area (Å²) in [6, 6.07) is 2.15. The zero-order valence-corrected chi connectivity index (χ0v) is 10.4. The van der Waals surface area contributed by atoms with Gasteiger partial charge in [0.2, 0.25) is 0 Å². The maximum absolute atomic E-state index is 9.62. The molecule has 0 spiro atoms. The fourth-order valence-electron chi connectivity index (χ4n) is 1.56. The van der Waals surface area contributed by atoms with Gasteiger partial charge in [0.1, 0.15) is 0 Å². The van der Waals surface area contributed by atoms with Crippen LogP contribution in [0.15, 0.2) is 16.8 Å². The molecule has 1 rings (SSSR count). The number of hydrogen-bond donors (Lipinski definition) is 2. The standard InChI is InChI=1S/C12H21NOS/c1-10(2)7-12(14)8-13-5-3-11-4-6-15-9-11/h4,6,9-10,12-14H,3,5,7-8H2,1-2H3. The van der Waals surface area contributed by atoms with Gasteiger partial charge in [0, 0.05) is 6.54 Å². The van der Waals surface area contributed by atoms with E-state index in [-0.39, 0.29) is 6.10 Å². The van der Waals surface area contributed by atoms with Crippen LogP contribution in [0.5, 0.6) is 0 Å². The molecule has 0 aromatic carbocycles. The van der Waals surface area contributed by atoms with Gasteiger partial charge in [0.05, 0.1) is 6.10 Å². The van der Waals surface area contributed by atoms with Gasteiger partial charge >= 0.3 is 0 Å². The van der Waals surface area contributed by atoms with Crippen molar-refractivity contribution in [2.75, 3.05) is 13.1 Å². The maximum atomic E-state index is 9.62. The predicted octanol–water partition coefficient (Wildman–Crippen LogP) is 2.29. The van der Waals surface area contributed by atoms with Crippen LogP contribution < -0.4 is 5.32 Å². The molecule has 2 nitrogen and oxygen atoms in total. The largest absolute Gasteiger partial charge is 0.392 e. The van der Waals surface area contributed by atoms with E-state index >= 15 is 0 Å². The molecule has 0 aliphatic heterocycles. The van der Waals surface area contributed by atoms with Gasteiger partial charge in [-0.25, -0.2) is 0 Å². The van der Waals surface area contributed by atoms with Crippen molar-refractivity contribution in [3.05, 3.63) is 22.4 Å². The zero-order chi connectivity index (χ0) is 11.1. The van der Waals surface area contributed by atoms with Gasteiger partial charge in [-0.1, -0.05) is 13.8 Å². The summed E-state index contributed by atoms with van der Waals surface area (Å²) in [6.07, 6.45) is 1.73. The molecule has 86 valence electrons. The Morgan fingerprint density at radius 1 is 1.47 bits per heavy atom. The molecule has 0 fully saturated rings. The molecule has 1 aromatic rings. The van der Waals surface area contributed by atoms with E-state index in [0.717, 1.165) is 19.4 Å². The Labute approximate surface area is 96.3 Å². The van der Waals surface area contributed by atoms with Crippen molar-refractivity contribution in [2.24, 2.45) is 5.92 Å². The fraction of sp³-hybridized carbons (Fsp3) is 0.667. The molecule has 0 bridgehead atoms. The lowest BCUT2D eigenvalue weighted by Crippen LogP contribution is -2.29. The average Bonchev–Trinajstić information content (AvgIpc) is 2.63. The van der Waals surface area contributed by atoms with E-state index in [2.05, 4.69) is 36.0 Å². The summed E-state index contributed by atoms with van der Waals surface area (Å²) >= 11 is 1.74. The molecule has 1 heterocycles. The van der Waals surface area contributed by atoms with Crippen molar-refractivity contribution >= 4 is 11.3 Å². The Kier molecular flexibility index (Phi) is 5.91. The van der Waals surface area contributed by atoms with Crippen LogP contribution >= 0.6 is 11.3 Å². The third-order valence-electron chi connectivity index (χ3n) is 2.29. The Morgan fingerprint density at radius 3 is 2.87 bits per heavy atom. The molecule has 1 unspecified atom stereocenters. The third-order valence-corrected chi connectivity index (χ3v) is 3.03. The van der Waals surface area contributed by atoms with Crippen LogP contribution in [0.3, 0.4) is 0 Å². The lowest BCUT2D eigenvalue weighted by atomic mass is 10.1. The van der Waals surface area contributed by atoms with E-state index in [0.29, 0.717) is 12.5 Å². The summed E-state index contributed by atoms with van der Waals surface area (Å²) in [7, 11) is 0. The van der Waals surface area contributed by atoms with Crippen molar-refractivity contribution in [1.29, 1.82) is 0 Å². The Morgan fingerprint density at radius 2 is 2.27 bits per heavy atom. The first kappa shape index (κ1) is 12.7. The molecule has 2 N–H and O–H groups in total. The molecule has 0 aliphatic carbocycles. The molecule has 0 amide bonds. The quantitative estimate of drug-likeness (QED) is 0.701. The molecule has 0 aliphatic rings. The Bertz CT molecular complexity index is 246. The molecule has 0 radical (unpaired) electrons. The summed E-state index contributed by atoms with van der Waals surface area (Å²) in [5, 5.41) is 17.2. The van der Waals surface area contributed by atoms with E-state index in [4.69, 9.17) is 0 Å². The zero-order valence-electron chi connectivity index (χ0n) is 9.57. The minimum atomic E-state index is -0.201. The van der Waals surface area contributed by atoms with Crippen LogP contribution in [0.1, 0.15) is 25.8 Å². The van der Waals surface area contributed by atoms with Crippen LogP contribution in [-0.2, 0) is 6.42 Å². The van der Waals surface area contributed by atoms with Crippen LogP contribution in [-0.4, -0.2) is 24.3 Å². The van der Waals surface area contributed by atoms with Crippen molar-refractivity contribution in [3.8, 4) is 0 Å². The first-order valence-corrected chi connectivity index (χ1v) is 6.52. The second-order valence-corrected chi connectivity index (χ2v) is 5.15. The van der Waals surface area contributed by atoms with Crippen molar-refractivity contribution < 1.29 is 5.11 Å². The third kappa shape index (κ3) is 5.92. The van der Waals surface area contributed by atoms with E-state index in [1.165, 1.54) is 5.56 Å². The summed E-state index contributed by atoms with van der Waals surface area (Å²) in [5.74, 6) is 0.568. The highest BCUT2D eigenvalue weighted by Crippen LogP contribution is 2.06. The lowest BCUT2D eigenvalue weighted by molar-refractivity contribution is 0.147. The summed E-state index contributed by atoms with van der Waals surface area (Å²) in [6.45, 7) is 5.93. The molecule has 1 aromatic heterocycles. The molecular weight excluding hydrogens is 206 g/mol. The highest BCUT2D eigenvalue weighted by molar-refractivity contribution is 7.07. The SMILES string of the molecule is CC(C)CC(O)CNCCc1ccsc1. The summed E-state index contributed by atoms with van der Waals surface area (Å²) < 4.78 is 0. The minimum Gasteiger partial charge on any atom is -0.392 e. The van der Waals surface area contributed by atoms with E-state index in [1.807, 2.05) is 0 Å². The molecule has 0 saturated heterocycles.